The molecule has 1 aliphatic rings. The van der Waals surface area contributed by atoms with Crippen molar-refractivity contribution in [2.24, 2.45) is 4.99 Å². The summed E-state index contributed by atoms with van der Waals surface area (Å²) in [7, 11) is 0. The third-order valence-electron chi connectivity index (χ3n) is 3.68. The number of rotatable bonds is 3. The number of furan rings is 1. The summed E-state index contributed by atoms with van der Waals surface area (Å²) in [5.41, 5.74) is 1.75. The molecule has 0 radical (unpaired) electrons. The van der Waals surface area contributed by atoms with Crippen molar-refractivity contribution in [1.29, 1.82) is 0 Å². The predicted octanol–water partition coefficient (Wildman–Crippen LogP) is 5.66. The Morgan fingerprint density at radius 2 is 1.72 bits per heavy atom. The van der Waals surface area contributed by atoms with Gasteiger partial charge in [0.1, 0.15) is 16.6 Å². The lowest BCUT2D eigenvalue weighted by Crippen LogP contribution is -1.89. The first kappa shape index (κ1) is 15.9. The molecule has 3 nitrogen and oxygen atoms in total. The Labute approximate surface area is 154 Å². The number of thioether (sulfide) groups is 1. The number of amides is 1. The molecule has 1 aromatic heterocycles. The number of hydrogen-bond donors (Lipinski definition) is 0. The number of benzene rings is 2. The predicted molar refractivity (Wildman–Crippen MR) is 103 cm³/mol. The minimum Gasteiger partial charge on any atom is -0.457 e. The van der Waals surface area contributed by atoms with Crippen molar-refractivity contribution >= 4 is 40.4 Å². The molecule has 25 heavy (non-hydrogen) atoms. The molecule has 0 bridgehead atoms. The molecule has 2 aromatic carbocycles. The molecule has 5 heteroatoms. The summed E-state index contributed by atoms with van der Waals surface area (Å²) in [6.07, 6.45) is 1.72. The smallest absolute Gasteiger partial charge is 0.285 e. The lowest BCUT2D eigenvalue weighted by Gasteiger charge is -1.99. The Morgan fingerprint density at radius 1 is 0.960 bits per heavy atom. The van der Waals surface area contributed by atoms with Crippen LogP contribution in [0.1, 0.15) is 11.3 Å². The summed E-state index contributed by atoms with van der Waals surface area (Å²) in [6, 6.07) is 20.8. The van der Waals surface area contributed by atoms with Crippen LogP contribution in [0.15, 0.2) is 81.0 Å². The highest BCUT2D eigenvalue weighted by atomic mass is 35.5. The molecule has 3 aromatic rings. The first-order valence-corrected chi connectivity index (χ1v) is 8.83. The van der Waals surface area contributed by atoms with Gasteiger partial charge in [-0.15, -0.1) is 0 Å². The fourth-order valence-corrected chi connectivity index (χ4v) is 3.61. The van der Waals surface area contributed by atoms with E-state index in [0.29, 0.717) is 26.5 Å². The zero-order valence-corrected chi connectivity index (χ0v) is 14.6. The number of nitrogens with zero attached hydrogens (tertiary/aromatic N) is 1. The molecule has 0 saturated heterocycles. The quantitative estimate of drug-likeness (QED) is 0.562. The number of carbonyl (C=O) groups is 1. The van der Waals surface area contributed by atoms with Gasteiger partial charge in [0.2, 0.25) is 0 Å². The van der Waals surface area contributed by atoms with E-state index in [1.807, 2.05) is 66.7 Å². The standard InChI is InChI=1S/C20H12ClNO2S/c21-16-9-5-4-8-15(16)17-11-10-14(24-17)12-18-19(23)22-20(25-18)13-6-2-1-3-7-13/h1-12H/b18-12+. The molecule has 0 fully saturated rings. The van der Waals surface area contributed by atoms with Crippen molar-refractivity contribution in [2.45, 2.75) is 0 Å². The molecule has 0 unspecified atom stereocenters. The summed E-state index contributed by atoms with van der Waals surface area (Å²) < 4.78 is 5.82. The molecule has 0 N–H and O–H groups in total. The van der Waals surface area contributed by atoms with Crippen LogP contribution in [0.3, 0.4) is 0 Å². The Balaban J connectivity index is 1.59. The maximum absolute atomic E-state index is 12.2. The molecule has 122 valence electrons. The summed E-state index contributed by atoms with van der Waals surface area (Å²) in [6.45, 7) is 0. The SMILES string of the molecule is O=C1N=C(c2ccccc2)S/C1=C/c1ccc(-c2ccccc2Cl)o1. The second-order valence-corrected chi connectivity index (χ2v) is 6.82. The van der Waals surface area contributed by atoms with E-state index in [1.165, 1.54) is 11.8 Å². The third-order valence-corrected chi connectivity index (χ3v) is 5.04. The zero-order valence-electron chi connectivity index (χ0n) is 13.0. The van der Waals surface area contributed by atoms with E-state index >= 15 is 0 Å². The highest BCUT2D eigenvalue weighted by Gasteiger charge is 2.23. The van der Waals surface area contributed by atoms with Gasteiger partial charge in [-0.1, -0.05) is 65.8 Å². The van der Waals surface area contributed by atoms with Crippen molar-refractivity contribution < 1.29 is 9.21 Å². The van der Waals surface area contributed by atoms with Gasteiger partial charge in [0, 0.05) is 17.2 Å². The molecule has 1 aliphatic heterocycles. The summed E-state index contributed by atoms with van der Waals surface area (Å²) in [5.74, 6) is 1.01. The third kappa shape index (κ3) is 3.31. The number of aliphatic imine (C=N–C) groups is 1. The van der Waals surface area contributed by atoms with Crippen LogP contribution in [0, 0.1) is 0 Å². The minimum atomic E-state index is -0.250. The van der Waals surface area contributed by atoms with E-state index in [1.54, 1.807) is 6.08 Å². The zero-order chi connectivity index (χ0) is 17.2. The van der Waals surface area contributed by atoms with Gasteiger partial charge in [-0.2, -0.15) is 0 Å². The van der Waals surface area contributed by atoms with Gasteiger partial charge >= 0.3 is 0 Å². The fraction of sp³-hybridized carbons (Fsp3) is 0. The van der Waals surface area contributed by atoms with Gasteiger partial charge < -0.3 is 4.42 Å². The molecule has 2 heterocycles. The molecule has 4 rings (SSSR count). The van der Waals surface area contributed by atoms with Gasteiger partial charge in [0.15, 0.2) is 0 Å². The van der Waals surface area contributed by atoms with Crippen molar-refractivity contribution in [1.82, 2.24) is 0 Å². The Kier molecular flexibility index (Phi) is 4.30. The molecule has 0 atom stereocenters. The van der Waals surface area contributed by atoms with Crippen molar-refractivity contribution in [3.05, 3.63) is 88.0 Å². The van der Waals surface area contributed by atoms with Crippen molar-refractivity contribution in [2.75, 3.05) is 0 Å². The number of carbonyl (C=O) groups excluding carboxylic acids is 1. The Morgan fingerprint density at radius 3 is 2.52 bits per heavy atom. The average molecular weight is 366 g/mol. The minimum absolute atomic E-state index is 0.250. The maximum atomic E-state index is 12.2. The van der Waals surface area contributed by atoms with Gasteiger partial charge in [0.25, 0.3) is 5.91 Å². The van der Waals surface area contributed by atoms with Crippen LogP contribution in [0.25, 0.3) is 17.4 Å². The second kappa shape index (κ2) is 6.75. The molecule has 0 aliphatic carbocycles. The Hall–Kier alpha value is -2.56. The summed E-state index contributed by atoms with van der Waals surface area (Å²) in [4.78, 5) is 16.8. The topological polar surface area (TPSA) is 42.6 Å². The van der Waals surface area contributed by atoms with E-state index in [4.69, 9.17) is 16.0 Å². The molecular weight excluding hydrogens is 354 g/mol. The highest BCUT2D eigenvalue weighted by molar-refractivity contribution is 8.19. The van der Waals surface area contributed by atoms with Gasteiger partial charge in [-0.05, 0) is 24.3 Å². The summed E-state index contributed by atoms with van der Waals surface area (Å²) in [5, 5.41) is 1.33. The molecule has 0 spiro atoms. The van der Waals surface area contributed by atoms with E-state index in [-0.39, 0.29) is 5.91 Å². The lowest BCUT2D eigenvalue weighted by molar-refractivity contribution is -0.113. The van der Waals surface area contributed by atoms with Gasteiger partial charge in [-0.3, -0.25) is 4.79 Å². The number of hydrogen-bond acceptors (Lipinski definition) is 3. The molecule has 1 amide bonds. The van der Waals surface area contributed by atoms with Crippen LogP contribution in [0.5, 0.6) is 0 Å². The normalized spacial score (nSPS) is 15.6. The first-order valence-electron chi connectivity index (χ1n) is 7.63. The largest absolute Gasteiger partial charge is 0.457 e. The lowest BCUT2D eigenvalue weighted by atomic mass is 10.2. The van der Waals surface area contributed by atoms with Crippen LogP contribution in [0.4, 0.5) is 0 Å². The summed E-state index contributed by atoms with van der Waals surface area (Å²) >= 11 is 7.55. The second-order valence-electron chi connectivity index (χ2n) is 5.38. The highest BCUT2D eigenvalue weighted by Crippen LogP contribution is 2.34. The van der Waals surface area contributed by atoms with Crippen LogP contribution in [-0.2, 0) is 4.79 Å². The van der Waals surface area contributed by atoms with E-state index in [0.717, 1.165) is 11.1 Å². The molecular formula is C20H12ClNO2S. The van der Waals surface area contributed by atoms with E-state index < -0.39 is 0 Å². The van der Waals surface area contributed by atoms with E-state index in [2.05, 4.69) is 4.99 Å². The first-order chi connectivity index (χ1) is 12.2. The van der Waals surface area contributed by atoms with Crippen molar-refractivity contribution in [3.63, 3.8) is 0 Å². The Bertz CT molecular complexity index is 1010. The van der Waals surface area contributed by atoms with Gasteiger partial charge in [0.05, 0.1) is 9.93 Å². The van der Waals surface area contributed by atoms with Gasteiger partial charge in [-0.25, -0.2) is 4.99 Å². The fourth-order valence-electron chi connectivity index (χ4n) is 2.48. The maximum Gasteiger partial charge on any atom is 0.285 e. The number of halogens is 1. The van der Waals surface area contributed by atoms with Crippen LogP contribution in [0.2, 0.25) is 5.02 Å². The molecule has 0 saturated carbocycles. The van der Waals surface area contributed by atoms with Crippen LogP contribution < -0.4 is 0 Å². The average Bonchev–Trinajstić information content (AvgIpc) is 3.24. The monoisotopic (exact) mass is 365 g/mol. The van der Waals surface area contributed by atoms with E-state index in [9.17, 15) is 4.79 Å². The van der Waals surface area contributed by atoms with Crippen molar-refractivity contribution in [3.8, 4) is 11.3 Å². The van der Waals surface area contributed by atoms with Crippen LogP contribution >= 0.6 is 23.4 Å². The van der Waals surface area contributed by atoms with Crippen LogP contribution in [-0.4, -0.2) is 11.0 Å².